The summed E-state index contributed by atoms with van der Waals surface area (Å²) in [6, 6.07) is -0.337. The van der Waals surface area contributed by atoms with E-state index in [2.05, 4.69) is 0 Å². The normalized spacial score (nSPS) is 30.9. The molecular weight excluding hydrogens is 151 g/mol. The monoisotopic (exact) mass is 162 g/mol. The van der Waals surface area contributed by atoms with E-state index in [0.717, 1.165) is 4.90 Å². The third-order valence-electron chi connectivity index (χ3n) is 1.96. The van der Waals surface area contributed by atoms with Crippen molar-refractivity contribution < 1.29 is 14.3 Å². The van der Waals surface area contributed by atoms with Gasteiger partial charge in [0.15, 0.2) is 0 Å². The van der Waals surface area contributed by atoms with E-state index >= 15 is 0 Å². The fourth-order valence-electron chi connectivity index (χ4n) is 1.22. The van der Waals surface area contributed by atoms with Gasteiger partial charge in [-0.1, -0.05) is 0 Å². The van der Waals surface area contributed by atoms with Gasteiger partial charge in [0.1, 0.15) is 0 Å². The Labute approximate surface area is 63.8 Å². The molecule has 64 valence electrons. The summed E-state index contributed by atoms with van der Waals surface area (Å²) < 4.78 is 12.1. The second-order valence-corrected chi connectivity index (χ2v) is 2.77. The van der Waals surface area contributed by atoms with Crippen LogP contribution in [0, 0.1) is 5.92 Å². The van der Waals surface area contributed by atoms with Gasteiger partial charge in [-0.25, -0.2) is 4.79 Å². The van der Waals surface area contributed by atoms with Gasteiger partial charge < -0.3 is 15.7 Å². The third kappa shape index (κ3) is 1.59. The van der Waals surface area contributed by atoms with Crippen molar-refractivity contribution in [2.24, 2.45) is 11.7 Å². The average Bonchev–Trinajstić information content (AvgIpc) is 2.31. The summed E-state index contributed by atoms with van der Waals surface area (Å²) >= 11 is 0. The van der Waals surface area contributed by atoms with Crippen molar-refractivity contribution in [1.82, 2.24) is 4.90 Å². The molecule has 2 unspecified atom stereocenters. The molecule has 1 amide bonds. The summed E-state index contributed by atoms with van der Waals surface area (Å²) in [7, 11) is 0. The highest BCUT2D eigenvalue weighted by Gasteiger charge is 2.32. The van der Waals surface area contributed by atoms with E-state index in [1.807, 2.05) is 0 Å². The quantitative estimate of drug-likeness (QED) is 0.565. The molecule has 1 heterocycles. The molecule has 1 saturated heterocycles. The first-order chi connectivity index (χ1) is 5.15. The standard InChI is InChI=1S/C6H11FN2O2/c7-1-4-2-9(6(10)11)3-5(4)8/h4-5H,1-3,8H2,(H,10,11). The minimum Gasteiger partial charge on any atom is -0.465 e. The largest absolute Gasteiger partial charge is 0.465 e. The fraction of sp³-hybridized carbons (Fsp3) is 0.833. The van der Waals surface area contributed by atoms with Crippen LogP contribution in [0.4, 0.5) is 9.18 Å². The van der Waals surface area contributed by atoms with Gasteiger partial charge in [-0.05, 0) is 0 Å². The van der Waals surface area contributed by atoms with Gasteiger partial charge in [0.2, 0.25) is 0 Å². The lowest BCUT2D eigenvalue weighted by Gasteiger charge is -2.09. The fourth-order valence-corrected chi connectivity index (χ4v) is 1.22. The SMILES string of the molecule is NC1CN(C(=O)O)CC1CF. The van der Waals surface area contributed by atoms with Crippen LogP contribution in [-0.4, -0.2) is 41.9 Å². The zero-order chi connectivity index (χ0) is 8.43. The summed E-state index contributed by atoms with van der Waals surface area (Å²) in [4.78, 5) is 11.5. The maximum Gasteiger partial charge on any atom is 0.407 e. The van der Waals surface area contributed by atoms with Crippen molar-refractivity contribution in [3.63, 3.8) is 0 Å². The zero-order valence-electron chi connectivity index (χ0n) is 6.03. The Morgan fingerprint density at radius 1 is 1.73 bits per heavy atom. The maximum absolute atomic E-state index is 12.1. The minimum absolute atomic E-state index is 0.229. The molecule has 0 radical (unpaired) electrons. The molecule has 0 aromatic heterocycles. The number of amides is 1. The van der Waals surface area contributed by atoms with Gasteiger partial charge in [-0.15, -0.1) is 0 Å². The second-order valence-electron chi connectivity index (χ2n) is 2.77. The highest BCUT2D eigenvalue weighted by atomic mass is 19.1. The molecule has 0 bridgehead atoms. The number of rotatable bonds is 1. The van der Waals surface area contributed by atoms with Crippen LogP contribution >= 0.6 is 0 Å². The average molecular weight is 162 g/mol. The Morgan fingerprint density at radius 2 is 2.36 bits per heavy atom. The van der Waals surface area contributed by atoms with Crippen LogP contribution in [0.2, 0.25) is 0 Å². The Balaban J connectivity index is 2.49. The first-order valence-electron chi connectivity index (χ1n) is 3.44. The Bertz CT molecular complexity index is 165. The van der Waals surface area contributed by atoms with Crippen LogP contribution in [0.5, 0.6) is 0 Å². The predicted octanol–water partition coefficient (Wildman–Crippen LogP) is -0.107. The molecule has 4 nitrogen and oxygen atoms in total. The number of nitrogens with zero attached hydrogens (tertiary/aromatic N) is 1. The Kier molecular flexibility index (Phi) is 2.28. The third-order valence-corrected chi connectivity index (χ3v) is 1.96. The Morgan fingerprint density at radius 3 is 2.64 bits per heavy atom. The van der Waals surface area contributed by atoms with Crippen LogP contribution in [0.1, 0.15) is 0 Å². The molecule has 1 aliphatic rings. The molecule has 1 aliphatic heterocycles. The smallest absolute Gasteiger partial charge is 0.407 e. The van der Waals surface area contributed by atoms with E-state index < -0.39 is 12.8 Å². The molecule has 0 aliphatic carbocycles. The molecule has 3 N–H and O–H groups in total. The lowest BCUT2D eigenvalue weighted by Crippen LogP contribution is -2.31. The van der Waals surface area contributed by atoms with E-state index in [1.165, 1.54) is 0 Å². The maximum atomic E-state index is 12.1. The van der Waals surface area contributed by atoms with Crippen LogP contribution in [0.3, 0.4) is 0 Å². The van der Waals surface area contributed by atoms with E-state index in [4.69, 9.17) is 10.8 Å². The number of alkyl halides is 1. The lowest BCUT2D eigenvalue weighted by atomic mass is 10.1. The van der Waals surface area contributed by atoms with E-state index in [-0.39, 0.29) is 25.0 Å². The van der Waals surface area contributed by atoms with Crippen LogP contribution in [0.25, 0.3) is 0 Å². The van der Waals surface area contributed by atoms with Gasteiger partial charge >= 0.3 is 6.09 Å². The topological polar surface area (TPSA) is 66.6 Å². The first-order valence-corrected chi connectivity index (χ1v) is 3.44. The molecule has 11 heavy (non-hydrogen) atoms. The van der Waals surface area contributed by atoms with Gasteiger partial charge in [-0.3, -0.25) is 4.39 Å². The summed E-state index contributed by atoms with van der Waals surface area (Å²) in [5, 5.41) is 8.49. The van der Waals surface area contributed by atoms with Crippen LogP contribution in [0.15, 0.2) is 0 Å². The summed E-state index contributed by atoms with van der Waals surface area (Å²) in [6.45, 7) is -0.0537. The van der Waals surface area contributed by atoms with Gasteiger partial charge in [0.25, 0.3) is 0 Å². The van der Waals surface area contributed by atoms with Crippen LogP contribution in [-0.2, 0) is 0 Å². The van der Waals surface area contributed by atoms with Crippen LogP contribution < -0.4 is 5.73 Å². The predicted molar refractivity (Wildman–Crippen MR) is 37.0 cm³/mol. The molecule has 0 spiro atoms. The number of carboxylic acid groups (broad SMARTS) is 1. The molecule has 0 aromatic carbocycles. The minimum atomic E-state index is -1.02. The number of hydrogen-bond acceptors (Lipinski definition) is 2. The van der Waals surface area contributed by atoms with Crippen molar-refractivity contribution in [3.05, 3.63) is 0 Å². The molecule has 0 aromatic rings. The van der Waals surface area contributed by atoms with Gasteiger partial charge in [0.05, 0.1) is 6.67 Å². The molecule has 2 atom stereocenters. The molecule has 1 fully saturated rings. The van der Waals surface area contributed by atoms with E-state index in [0.29, 0.717) is 0 Å². The zero-order valence-corrected chi connectivity index (χ0v) is 6.03. The molecule has 1 rings (SSSR count). The second kappa shape index (κ2) is 3.04. The molecule has 0 saturated carbocycles. The summed E-state index contributed by atoms with van der Waals surface area (Å²) in [5.41, 5.74) is 5.47. The number of carbonyl (C=O) groups is 1. The molecule has 5 heteroatoms. The summed E-state index contributed by atoms with van der Waals surface area (Å²) in [5.74, 6) is -0.314. The van der Waals surface area contributed by atoms with Crippen molar-refractivity contribution in [1.29, 1.82) is 0 Å². The van der Waals surface area contributed by atoms with Gasteiger partial charge in [0, 0.05) is 25.0 Å². The van der Waals surface area contributed by atoms with Crippen molar-refractivity contribution in [2.45, 2.75) is 6.04 Å². The first kappa shape index (κ1) is 8.26. The number of likely N-dealkylation sites (tertiary alicyclic amines) is 1. The number of hydrogen-bond donors (Lipinski definition) is 2. The van der Waals surface area contributed by atoms with Crippen molar-refractivity contribution >= 4 is 6.09 Å². The van der Waals surface area contributed by atoms with E-state index in [9.17, 15) is 9.18 Å². The van der Waals surface area contributed by atoms with Crippen molar-refractivity contribution in [2.75, 3.05) is 19.8 Å². The number of halogens is 1. The molecular formula is C6H11FN2O2. The van der Waals surface area contributed by atoms with E-state index in [1.54, 1.807) is 0 Å². The van der Waals surface area contributed by atoms with Crippen molar-refractivity contribution in [3.8, 4) is 0 Å². The highest BCUT2D eigenvalue weighted by Crippen LogP contribution is 2.15. The Hall–Kier alpha value is -0.840. The summed E-state index contributed by atoms with van der Waals surface area (Å²) in [6.07, 6.45) is -1.02. The number of nitrogens with two attached hydrogens (primary N) is 1. The highest BCUT2D eigenvalue weighted by molar-refractivity contribution is 5.65. The van der Waals surface area contributed by atoms with Gasteiger partial charge in [-0.2, -0.15) is 0 Å². The lowest BCUT2D eigenvalue weighted by molar-refractivity contribution is 0.153.